The molecule has 0 bridgehead atoms. The summed E-state index contributed by atoms with van der Waals surface area (Å²) in [7, 11) is 0. The van der Waals surface area contributed by atoms with Crippen molar-refractivity contribution in [2.75, 3.05) is 10.2 Å². The third-order valence-electron chi connectivity index (χ3n) is 4.95. The van der Waals surface area contributed by atoms with Crippen molar-refractivity contribution in [2.45, 2.75) is 5.72 Å². The zero-order valence-corrected chi connectivity index (χ0v) is 18.1. The largest absolute Gasteiger partial charge is 0.349 e. The first-order chi connectivity index (χ1) is 14.4. The molecule has 0 unspecified atom stereocenters. The number of anilines is 2. The van der Waals surface area contributed by atoms with E-state index in [-0.39, 0.29) is 16.5 Å². The highest BCUT2D eigenvalue weighted by Crippen LogP contribution is 2.49. The van der Waals surface area contributed by atoms with Crippen molar-refractivity contribution in [3.63, 3.8) is 0 Å². The Morgan fingerprint density at radius 1 is 1.10 bits per heavy atom. The lowest BCUT2D eigenvalue weighted by Gasteiger charge is -2.33. The molecule has 0 saturated carbocycles. The van der Waals surface area contributed by atoms with Gasteiger partial charge in [0.2, 0.25) is 0 Å². The SMILES string of the molecule is O=C1Nc2ccc(Br)cc2[C@]12ON=C(c1cccc(Cl)c1)N2c1cccc(Cl)c1F. The van der Waals surface area contributed by atoms with Crippen LogP contribution < -0.4 is 10.2 Å². The molecule has 5 rings (SSSR count). The number of amidine groups is 1. The van der Waals surface area contributed by atoms with Crippen LogP contribution in [-0.2, 0) is 15.4 Å². The molecule has 0 aromatic heterocycles. The average molecular weight is 507 g/mol. The van der Waals surface area contributed by atoms with E-state index in [0.717, 1.165) is 4.47 Å². The summed E-state index contributed by atoms with van der Waals surface area (Å²) in [4.78, 5) is 20.4. The molecule has 9 heteroatoms. The fourth-order valence-corrected chi connectivity index (χ4v) is 4.37. The van der Waals surface area contributed by atoms with E-state index in [1.807, 2.05) is 0 Å². The van der Waals surface area contributed by atoms with Crippen LogP contribution in [0.2, 0.25) is 10.0 Å². The van der Waals surface area contributed by atoms with Gasteiger partial charge in [-0.05, 0) is 42.5 Å². The summed E-state index contributed by atoms with van der Waals surface area (Å²) in [5.74, 6) is -0.979. The Morgan fingerprint density at radius 3 is 2.70 bits per heavy atom. The van der Waals surface area contributed by atoms with Crippen LogP contribution >= 0.6 is 39.1 Å². The molecule has 0 aliphatic carbocycles. The summed E-state index contributed by atoms with van der Waals surface area (Å²) in [5, 5.41) is 7.35. The van der Waals surface area contributed by atoms with E-state index in [1.54, 1.807) is 48.5 Å². The van der Waals surface area contributed by atoms with E-state index in [4.69, 9.17) is 28.0 Å². The highest BCUT2D eigenvalue weighted by molar-refractivity contribution is 9.10. The molecule has 1 atom stereocenters. The first-order valence-corrected chi connectivity index (χ1v) is 10.3. The minimum atomic E-state index is -1.75. The third kappa shape index (κ3) is 2.73. The van der Waals surface area contributed by atoms with Gasteiger partial charge in [-0.3, -0.25) is 9.69 Å². The minimum absolute atomic E-state index is 0.0432. The molecule has 150 valence electrons. The molecule has 5 nitrogen and oxygen atoms in total. The predicted octanol–water partition coefficient (Wildman–Crippen LogP) is 5.90. The molecule has 0 saturated heterocycles. The number of nitrogens with zero attached hydrogens (tertiary/aromatic N) is 2. The van der Waals surface area contributed by atoms with Gasteiger partial charge in [-0.1, -0.05) is 62.5 Å². The molecule has 2 heterocycles. The van der Waals surface area contributed by atoms with Gasteiger partial charge in [0, 0.05) is 15.1 Å². The molecule has 2 aliphatic rings. The second-order valence-electron chi connectivity index (χ2n) is 6.71. The number of amides is 1. The Bertz CT molecular complexity index is 1250. The fourth-order valence-electron chi connectivity index (χ4n) is 3.65. The molecule has 1 N–H and O–H groups in total. The maximum Gasteiger partial charge on any atom is 0.322 e. The van der Waals surface area contributed by atoms with Crippen molar-refractivity contribution in [1.82, 2.24) is 0 Å². The topological polar surface area (TPSA) is 53.9 Å². The first-order valence-electron chi connectivity index (χ1n) is 8.79. The van der Waals surface area contributed by atoms with E-state index in [1.165, 1.54) is 17.0 Å². The summed E-state index contributed by atoms with van der Waals surface area (Å²) in [6, 6.07) is 16.6. The second kappa shape index (κ2) is 6.97. The van der Waals surface area contributed by atoms with Crippen LogP contribution in [0.3, 0.4) is 0 Å². The fraction of sp³-hybridized carbons (Fsp3) is 0.0476. The maximum absolute atomic E-state index is 15.2. The maximum atomic E-state index is 15.2. The van der Waals surface area contributed by atoms with Crippen molar-refractivity contribution >= 4 is 62.2 Å². The Morgan fingerprint density at radius 2 is 1.90 bits per heavy atom. The highest BCUT2D eigenvalue weighted by atomic mass is 79.9. The van der Waals surface area contributed by atoms with E-state index < -0.39 is 17.4 Å². The molecule has 2 aliphatic heterocycles. The zero-order chi connectivity index (χ0) is 21.0. The summed E-state index contributed by atoms with van der Waals surface area (Å²) in [6.45, 7) is 0. The van der Waals surface area contributed by atoms with Crippen molar-refractivity contribution in [3.8, 4) is 0 Å². The van der Waals surface area contributed by atoms with Gasteiger partial charge in [0.25, 0.3) is 5.91 Å². The van der Waals surface area contributed by atoms with Crippen LogP contribution in [0.25, 0.3) is 0 Å². The molecule has 3 aromatic carbocycles. The number of hydrogen-bond donors (Lipinski definition) is 1. The van der Waals surface area contributed by atoms with Crippen molar-refractivity contribution in [3.05, 3.63) is 92.1 Å². The zero-order valence-electron chi connectivity index (χ0n) is 15.0. The number of nitrogens with one attached hydrogen (secondary N) is 1. The third-order valence-corrected chi connectivity index (χ3v) is 5.97. The number of halogens is 4. The first kappa shape index (κ1) is 19.4. The average Bonchev–Trinajstić information content (AvgIpc) is 3.24. The number of carbonyl (C=O) groups excluding carboxylic acids is 1. The smallest absolute Gasteiger partial charge is 0.322 e. The van der Waals surface area contributed by atoms with Crippen LogP contribution in [0.4, 0.5) is 15.8 Å². The van der Waals surface area contributed by atoms with Crippen LogP contribution in [0, 0.1) is 5.82 Å². The molecule has 1 amide bonds. The molecule has 1 spiro atoms. The molecule has 30 heavy (non-hydrogen) atoms. The van der Waals surface area contributed by atoms with Gasteiger partial charge in [-0.2, -0.15) is 0 Å². The van der Waals surface area contributed by atoms with E-state index in [9.17, 15) is 4.79 Å². The lowest BCUT2D eigenvalue weighted by atomic mass is 10.00. The van der Waals surface area contributed by atoms with Crippen LogP contribution in [0.15, 0.2) is 70.3 Å². The lowest BCUT2D eigenvalue weighted by molar-refractivity contribution is -0.137. The van der Waals surface area contributed by atoms with E-state index >= 15 is 4.39 Å². The van der Waals surface area contributed by atoms with Gasteiger partial charge in [0.15, 0.2) is 11.7 Å². The molecular formula is C21H11BrCl2FN3O2. The summed E-state index contributed by atoms with van der Waals surface area (Å²) >= 11 is 15.6. The monoisotopic (exact) mass is 505 g/mol. The van der Waals surface area contributed by atoms with Gasteiger partial charge in [-0.15, -0.1) is 0 Å². The Hall–Kier alpha value is -2.61. The number of rotatable bonds is 2. The number of fused-ring (bicyclic) bond motifs is 2. The van der Waals surface area contributed by atoms with Gasteiger partial charge in [-0.25, -0.2) is 4.39 Å². The molecular weight excluding hydrogens is 496 g/mol. The lowest BCUT2D eigenvalue weighted by Crippen LogP contribution is -2.51. The van der Waals surface area contributed by atoms with Crippen LogP contribution in [0.1, 0.15) is 11.1 Å². The Balaban J connectivity index is 1.79. The van der Waals surface area contributed by atoms with Crippen molar-refractivity contribution in [1.29, 1.82) is 0 Å². The van der Waals surface area contributed by atoms with E-state index in [2.05, 4.69) is 26.4 Å². The quantitative estimate of drug-likeness (QED) is 0.471. The predicted molar refractivity (Wildman–Crippen MR) is 117 cm³/mol. The molecule has 0 fully saturated rings. The second-order valence-corrected chi connectivity index (χ2v) is 8.47. The number of benzene rings is 3. The van der Waals surface area contributed by atoms with Crippen LogP contribution in [-0.4, -0.2) is 11.7 Å². The summed E-state index contributed by atoms with van der Waals surface area (Å²) < 4.78 is 15.9. The van der Waals surface area contributed by atoms with Gasteiger partial charge >= 0.3 is 5.72 Å². The number of hydrogen-bond acceptors (Lipinski definition) is 4. The normalized spacial score (nSPS) is 19.5. The Kier molecular flexibility index (Phi) is 4.50. The summed E-state index contributed by atoms with van der Waals surface area (Å²) in [5.41, 5.74) is -0.126. The number of carbonyl (C=O) groups is 1. The summed E-state index contributed by atoms with van der Waals surface area (Å²) in [6.07, 6.45) is 0. The standard InChI is InChI=1S/C21H11BrCl2FN3O2/c22-12-7-8-16-14(10-12)21(20(29)26-16)28(17-6-2-5-15(24)18(17)25)19(27-30-21)11-3-1-4-13(23)9-11/h1-10H,(H,26,29)/t21-/m0/s1. The van der Waals surface area contributed by atoms with Crippen molar-refractivity contribution in [2.24, 2.45) is 5.16 Å². The minimum Gasteiger partial charge on any atom is -0.349 e. The highest BCUT2D eigenvalue weighted by Gasteiger charge is 2.60. The molecule has 3 aromatic rings. The van der Waals surface area contributed by atoms with Gasteiger partial charge in [0.1, 0.15) is 0 Å². The number of oxime groups is 1. The van der Waals surface area contributed by atoms with Crippen LogP contribution in [0.5, 0.6) is 0 Å². The molecule has 0 radical (unpaired) electrons. The van der Waals surface area contributed by atoms with Gasteiger partial charge < -0.3 is 10.2 Å². The van der Waals surface area contributed by atoms with Gasteiger partial charge in [0.05, 0.1) is 22.0 Å². The Labute approximate surface area is 189 Å². The van der Waals surface area contributed by atoms with Crippen molar-refractivity contribution < 1.29 is 14.0 Å². The van der Waals surface area contributed by atoms with E-state index in [0.29, 0.717) is 21.8 Å².